The third-order valence-electron chi connectivity index (χ3n) is 3.55. The molecule has 4 heteroatoms. The second-order valence-electron chi connectivity index (χ2n) is 4.72. The number of piperidine rings is 1. The van der Waals surface area contributed by atoms with Crippen molar-refractivity contribution in [2.24, 2.45) is 5.73 Å². The molecule has 0 radical (unpaired) electrons. The lowest BCUT2D eigenvalue weighted by molar-refractivity contribution is 0.163. The summed E-state index contributed by atoms with van der Waals surface area (Å²) in [4.78, 5) is 2.45. The summed E-state index contributed by atoms with van der Waals surface area (Å²) in [6.45, 7) is 4.32. The maximum absolute atomic E-state index is 6.05. The Bertz CT molecular complexity index is 387. The quantitative estimate of drug-likeness (QED) is 0.893. The van der Waals surface area contributed by atoms with E-state index >= 15 is 0 Å². The fourth-order valence-corrected chi connectivity index (χ4v) is 2.60. The molecular formula is C13H18Cl2N2. The molecule has 1 aliphatic heterocycles. The second-order valence-corrected chi connectivity index (χ2v) is 5.54. The first-order valence-electron chi connectivity index (χ1n) is 6.02. The summed E-state index contributed by atoms with van der Waals surface area (Å²) >= 11 is 12.0. The highest BCUT2D eigenvalue weighted by Gasteiger charge is 2.21. The molecule has 2 nitrogen and oxygen atoms in total. The Morgan fingerprint density at radius 2 is 1.88 bits per heavy atom. The van der Waals surface area contributed by atoms with E-state index in [0.29, 0.717) is 22.1 Å². The predicted octanol–water partition coefficient (Wildman–Crippen LogP) is 3.48. The number of hydrogen-bond donors (Lipinski definition) is 1. The van der Waals surface area contributed by atoms with Crippen molar-refractivity contribution in [2.45, 2.75) is 31.8 Å². The molecule has 0 aliphatic carbocycles. The zero-order valence-electron chi connectivity index (χ0n) is 10.00. The van der Waals surface area contributed by atoms with Crippen molar-refractivity contribution >= 4 is 23.2 Å². The molecule has 1 heterocycles. The van der Waals surface area contributed by atoms with Crippen LogP contribution in [-0.4, -0.2) is 24.0 Å². The summed E-state index contributed by atoms with van der Waals surface area (Å²) in [7, 11) is 0. The van der Waals surface area contributed by atoms with Crippen LogP contribution < -0.4 is 5.73 Å². The van der Waals surface area contributed by atoms with Gasteiger partial charge in [0.1, 0.15) is 0 Å². The lowest BCUT2D eigenvalue weighted by Crippen LogP contribution is -2.40. The van der Waals surface area contributed by atoms with Crippen molar-refractivity contribution in [1.82, 2.24) is 4.90 Å². The van der Waals surface area contributed by atoms with Gasteiger partial charge in [-0.3, -0.25) is 4.90 Å². The zero-order chi connectivity index (χ0) is 12.4. The third kappa shape index (κ3) is 3.14. The van der Waals surface area contributed by atoms with Crippen LogP contribution in [-0.2, 0) is 0 Å². The molecule has 0 spiro atoms. The minimum Gasteiger partial charge on any atom is -0.328 e. The molecule has 17 heavy (non-hydrogen) atoms. The van der Waals surface area contributed by atoms with Gasteiger partial charge in [0.05, 0.1) is 10.0 Å². The molecule has 1 aromatic carbocycles. The van der Waals surface area contributed by atoms with E-state index in [9.17, 15) is 0 Å². The van der Waals surface area contributed by atoms with E-state index in [-0.39, 0.29) is 0 Å². The van der Waals surface area contributed by atoms with E-state index in [1.54, 1.807) is 0 Å². The Morgan fingerprint density at radius 1 is 1.24 bits per heavy atom. The Kier molecular flexibility index (Phi) is 4.31. The number of hydrogen-bond acceptors (Lipinski definition) is 2. The molecule has 0 aromatic heterocycles. The maximum Gasteiger partial charge on any atom is 0.0595 e. The van der Waals surface area contributed by atoms with Crippen LogP contribution >= 0.6 is 23.2 Å². The number of nitrogens with two attached hydrogens (primary N) is 1. The molecular weight excluding hydrogens is 255 g/mol. The van der Waals surface area contributed by atoms with Crippen molar-refractivity contribution < 1.29 is 0 Å². The van der Waals surface area contributed by atoms with Crippen LogP contribution in [0.15, 0.2) is 18.2 Å². The van der Waals surface area contributed by atoms with Crippen LogP contribution in [0.1, 0.15) is 31.4 Å². The van der Waals surface area contributed by atoms with Crippen LogP contribution in [0.3, 0.4) is 0 Å². The van der Waals surface area contributed by atoms with Gasteiger partial charge in [-0.2, -0.15) is 0 Å². The molecule has 1 unspecified atom stereocenters. The molecule has 1 aromatic rings. The summed E-state index contributed by atoms with van der Waals surface area (Å²) < 4.78 is 0. The van der Waals surface area contributed by atoms with Crippen molar-refractivity contribution in [3.05, 3.63) is 33.8 Å². The first-order chi connectivity index (χ1) is 8.08. The highest BCUT2D eigenvalue weighted by atomic mass is 35.5. The van der Waals surface area contributed by atoms with E-state index in [1.807, 2.05) is 18.2 Å². The average Bonchev–Trinajstić information content (AvgIpc) is 2.33. The lowest BCUT2D eigenvalue weighted by atomic mass is 10.0. The molecule has 0 saturated carbocycles. The average molecular weight is 273 g/mol. The normalized spacial score (nSPS) is 20.5. The van der Waals surface area contributed by atoms with Crippen LogP contribution in [0.2, 0.25) is 10.0 Å². The van der Waals surface area contributed by atoms with Gasteiger partial charge in [-0.05, 0) is 37.5 Å². The molecule has 1 atom stereocenters. The van der Waals surface area contributed by atoms with Gasteiger partial charge < -0.3 is 5.73 Å². The van der Waals surface area contributed by atoms with E-state index in [0.717, 1.165) is 25.9 Å². The maximum atomic E-state index is 6.05. The number of halogens is 2. The largest absolute Gasteiger partial charge is 0.328 e. The topological polar surface area (TPSA) is 29.3 Å². The molecule has 1 saturated heterocycles. The summed E-state index contributed by atoms with van der Waals surface area (Å²) in [5, 5.41) is 1.24. The van der Waals surface area contributed by atoms with E-state index in [1.165, 1.54) is 5.56 Å². The van der Waals surface area contributed by atoms with Crippen LogP contribution in [0.4, 0.5) is 0 Å². The number of benzene rings is 1. The van der Waals surface area contributed by atoms with Gasteiger partial charge in [0.15, 0.2) is 0 Å². The fourth-order valence-electron chi connectivity index (χ4n) is 2.29. The van der Waals surface area contributed by atoms with Gasteiger partial charge in [0.25, 0.3) is 0 Å². The Morgan fingerprint density at radius 3 is 2.47 bits per heavy atom. The fraction of sp³-hybridized carbons (Fsp3) is 0.538. The summed E-state index contributed by atoms with van der Waals surface area (Å²) in [6.07, 6.45) is 2.15. The zero-order valence-corrected chi connectivity index (χ0v) is 11.5. The summed E-state index contributed by atoms with van der Waals surface area (Å²) in [6, 6.07) is 6.62. The van der Waals surface area contributed by atoms with E-state index in [2.05, 4.69) is 11.8 Å². The molecule has 2 N–H and O–H groups in total. The van der Waals surface area contributed by atoms with E-state index < -0.39 is 0 Å². The van der Waals surface area contributed by atoms with Gasteiger partial charge in [-0.25, -0.2) is 0 Å². The van der Waals surface area contributed by atoms with Crippen LogP contribution in [0.5, 0.6) is 0 Å². The number of nitrogens with zero attached hydrogens (tertiary/aromatic N) is 1. The number of rotatable bonds is 2. The molecule has 2 rings (SSSR count). The number of likely N-dealkylation sites (tertiary alicyclic amines) is 1. The molecule has 0 bridgehead atoms. The predicted molar refractivity (Wildman–Crippen MR) is 73.7 cm³/mol. The molecule has 1 aliphatic rings. The van der Waals surface area contributed by atoms with Gasteiger partial charge in [-0.15, -0.1) is 0 Å². The van der Waals surface area contributed by atoms with Gasteiger partial charge in [0, 0.05) is 25.2 Å². The smallest absolute Gasteiger partial charge is 0.0595 e. The monoisotopic (exact) mass is 272 g/mol. The lowest BCUT2D eigenvalue weighted by Gasteiger charge is -2.35. The molecule has 94 valence electrons. The molecule has 0 amide bonds. The Hall–Kier alpha value is -0.280. The minimum absolute atomic E-state index is 0.368. The van der Waals surface area contributed by atoms with Crippen LogP contribution in [0.25, 0.3) is 0 Å². The summed E-state index contributed by atoms with van der Waals surface area (Å²) in [5.41, 5.74) is 7.13. The standard InChI is InChI=1S/C13H18Cl2N2/c1-9(17-6-4-11(16)5-7-17)10-2-3-12(14)13(15)8-10/h2-3,8-9,11H,4-7,16H2,1H3. The highest BCUT2D eigenvalue weighted by molar-refractivity contribution is 6.42. The van der Waals surface area contributed by atoms with E-state index in [4.69, 9.17) is 28.9 Å². The molecule has 1 fully saturated rings. The van der Waals surface area contributed by atoms with Crippen molar-refractivity contribution in [3.63, 3.8) is 0 Å². The SMILES string of the molecule is CC(c1ccc(Cl)c(Cl)c1)N1CCC(N)CC1. The summed E-state index contributed by atoms with van der Waals surface area (Å²) in [5.74, 6) is 0. The van der Waals surface area contributed by atoms with Crippen molar-refractivity contribution in [2.75, 3.05) is 13.1 Å². The Balaban J connectivity index is 2.08. The van der Waals surface area contributed by atoms with Gasteiger partial charge in [-0.1, -0.05) is 29.3 Å². The first-order valence-corrected chi connectivity index (χ1v) is 6.78. The van der Waals surface area contributed by atoms with Gasteiger partial charge >= 0.3 is 0 Å². The second kappa shape index (κ2) is 5.57. The Labute approximate surface area is 113 Å². The van der Waals surface area contributed by atoms with Crippen LogP contribution in [0, 0.1) is 0 Å². The van der Waals surface area contributed by atoms with Crippen molar-refractivity contribution in [1.29, 1.82) is 0 Å². The minimum atomic E-state index is 0.368. The highest BCUT2D eigenvalue weighted by Crippen LogP contribution is 2.29. The third-order valence-corrected chi connectivity index (χ3v) is 4.29. The van der Waals surface area contributed by atoms with Gasteiger partial charge in [0.2, 0.25) is 0 Å². The van der Waals surface area contributed by atoms with Crippen molar-refractivity contribution in [3.8, 4) is 0 Å². The first kappa shape index (κ1) is 13.2.